The summed E-state index contributed by atoms with van der Waals surface area (Å²) in [6.45, 7) is 0. The second kappa shape index (κ2) is 38.8. The molecule has 0 amide bonds. The van der Waals surface area contributed by atoms with Gasteiger partial charge in [-0.25, -0.2) is 0 Å². The van der Waals surface area contributed by atoms with Crippen molar-refractivity contribution in [1.29, 1.82) is 0 Å². The molecule has 0 aliphatic carbocycles. The van der Waals surface area contributed by atoms with E-state index in [1.165, 1.54) is 0 Å². The second-order valence-corrected chi connectivity index (χ2v) is 0. The van der Waals surface area contributed by atoms with E-state index in [9.17, 15) is 0 Å². The zero-order chi connectivity index (χ0) is 0. The van der Waals surface area contributed by atoms with Crippen molar-refractivity contribution in [2.75, 3.05) is 0 Å². The van der Waals surface area contributed by atoms with Crippen molar-refractivity contribution in [2.24, 2.45) is 0 Å². The minimum atomic E-state index is 0. The molecule has 0 fully saturated rings. The molecular formula is AgBr4In. The van der Waals surface area contributed by atoms with E-state index >= 15 is 0 Å². The quantitative estimate of drug-likeness (QED) is 0.267. The molecule has 0 saturated heterocycles. The Labute approximate surface area is 114 Å². The van der Waals surface area contributed by atoms with Gasteiger partial charge in [0.1, 0.15) is 0 Å². The first-order valence-corrected chi connectivity index (χ1v) is 0. The van der Waals surface area contributed by atoms with Crippen LogP contribution in [0.4, 0.5) is 0 Å². The summed E-state index contributed by atoms with van der Waals surface area (Å²) in [5.41, 5.74) is 0. The minimum absolute atomic E-state index is 0. The number of rotatable bonds is 0. The maximum Gasteiger partial charge on any atom is 3.00 e. The van der Waals surface area contributed by atoms with Gasteiger partial charge in [-0.1, -0.05) is 0 Å². The number of hydrogen-bond acceptors (Lipinski definition) is 0. The van der Waals surface area contributed by atoms with E-state index in [1.807, 2.05) is 0 Å². The fourth-order valence-corrected chi connectivity index (χ4v) is 0. The molecule has 6 heteroatoms. The molecule has 0 N–H and O–H groups in total. The summed E-state index contributed by atoms with van der Waals surface area (Å²) in [6, 6.07) is 0. The molecule has 0 aromatic heterocycles. The van der Waals surface area contributed by atoms with E-state index in [-0.39, 0.29) is 116 Å². The van der Waals surface area contributed by atoms with Crippen LogP contribution in [0.3, 0.4) is 0 Å². The molecule has 0 bridgehead atoms. The van der Waals surface area contributed by atoms with Crippen LogP contribution < -0.4 is 67.9 Å². The van der Waals surface area contributed by atoms with Crippen molar-refractivity contribution >= 4 is 25.8 Å². The Bertz CT molecular complexity index is 7.51. The van der Waals surface area contributed by atoms with Gasteiger partial charge in [0.15, 0.2) is 0 Å². The van der Waals surface area contributed by atoms with Crippen molar-refractivity contribution in [1.82, 2.24) is 0 Å². The Morgan fingerprint density at radius 3 is 0.500 bits per heavy atom. The summed E-state index contributed by atoms with van der Waals surface area (Å²) >= 11 is 0. The predicted octanol–water partition coefficient (Wildman–Crippen LogP) is -12.4. The number of hydrogen-bond donors (Lipinski definition) is 0. The maximum atomic E-state index is 0. The zero-order valence-electron chi connectivity index (χ0n) is 2.39. The van der Waals surface area contributed by atoms with E-state index in [2.05, 4.69) is 0 Å². The van der Waals surface area contributed by atoms with Crippen LogP contribution in [0.1, 0.15) is 0 Å². The van der Waals surface area contributed by atoms with Crippen LogP contribution in [0.5, 0.6) is 0 Å². The summed E-state index contributed by atoms with van der Waals surface area (Å²) < 4.78 is 0. The summed E-state index contributed by atoms with van der Waals surface area (Å²) in [6.07, 6.45) is 0. The molecule has 0 spiro atoms. The van der Waals surface area contributed by atoms with Gasteiger partial charge in [0, 0.05) is 0 Å². The molecule has 0 aliphatic heterocycles. The maximum absolute atomic E-state index is 0. The Balaban J connectivity index is 0. The molecule has 0 aromatic rings. The molecule has 0 aliphatic rings. The summed E-state index contributed by atoms with van der Waals surface area (Å²) in [7, 11) is 0. The zero-order valence-corrected chi connectivity index (χ0v) is 13.5. The van der Waals surface area contributed by atoms with Gasteiger partial charge in [0.25, 0.3) is 0 Å². The smallest absolute Gasteiger partial charge is 1.00 e. The van der Waals surface area contributed by atoms with Crippen LogP contribution in [0.2, 0.25) is 0 Å². The third-order valence-corrected chi connectivity index (χ3v) is 0. The third kappa shape index (κ3) is 25.8. The van der Waals surface area contributed by atoms with Gasteiger partial charge in [0.05, 0.1) is 0 Å². The second-order valence-electron chi connectivity index (χ2n) is 0. The van der Waals surface area contributed by atoms with Crippen molar-refractivity contribution in [3.63, 3.8) is 0 Å². The molecule has 0 radical (unpaired) electrons. The van der Waals surface area contributed by atoms with Crippen molar-refractivity contribution in [3.05, 3.63) is 0 Å². The van der Waals surface area contributed by atoms with Gasteiger partial charge >= 0.3 is 48.2 Å². The molecule has 6 heavy (non-hydrogen) atoms. The molecule has 0 nitrogen and oxygen atoms in total. The van der Waals surface area contributed by atoms with Gasteiger partial charge in [-0.3, -0.25) is 0 Å². The Morgan fingerprint density at radius 1 is 0.500 bits per heavy atom. The van der Waals surface area contributed by atoms with Gasteiger partial charge in [0.2, 0.25) is 0 Å². The first-order valence-electron chi connectivity index (χ1n) is 0. The van der Waals surface area contributed by atoms with Crippen LogP contribution in [0.15, 0.2) is 0 Å². The topological polar surface area (TPSA) is 0 Å². The molecule has 0 heterocycles. The molecule has 0 rings (SSSR count). The normalized spacial score (nSPS) is 0. The molecule has 0 atom stereocenters. The Kier molecular flexibility index (Phi) is 360. The molecule has 0 aromatic carbocycles. The van der Waals surface area contributed by atoms with E-state index in [0.717, 1.165) is 0 Å². The van der Waals surface area contributed by atoms with E-state index in [4.69, 9.17) is 0 Å². The van der Waals surface area contributed by atoms with E-state index in [1.54, 1.807) is 0 Å². The molecule has 0 saturated carbocycles. The predicted molar refractivity (Wildman–Crippen MR) is 5.75 cm³/mol. The van der Waals surface area contributed by atoms with Gasteiger partial charge < -0.3 is 67.9 Å². The van der Waals surface area contributed by atoms with Crippen LogP contribution >= 0.6 is 0 Å². The first kappa shape index (κ1) is 55.6. The van der Waals surface area contributed by atoms with Crippen molar-refractivity contribution in [2.45, 2.75) is 0 Å². The Morgan fingerprint density at radius 2 is 0.500 bits per heavy atom. The monoisotopic (exact) mass is 537 g/mol. The fraction of sp³-hybridized carbons (Fsp3) is 0. The minimum Gasteiger partial charge on any atom is -1.00 e. The third-order valence-electron chi connectivity index (χ3n) is 0. The van der Waals surface area contributed by atoms with Gasteiger partial charge in [-0.2, -0.15) is 0 Å². The van der Waals surface area contributed by atoms with E-state index in [0.29, 0.717) is 0 Å². The van der Waals surface area contributed by atoms with Gasteiger partial charge in [-0.05, 0) is 0 Å². The SMILES string of the molecule is [Ag+].[Br-].[Br-].[Br-].[Br-].[In+3]. The molecule has 42 valence electrons. The fourth-order valence-electron chi connectivity index (χ4n) is 0. The van der Waals surface area contributed by atoms with Crippen LogP contribution in [0, 0.1) is 0 Å². The van der Waals surface area contributed by atoms with Crippen molar-refractivity contribution < 1.29 is 90.3 Å². The largest absolute Gasteiger partial charge is 3.00 e. The average Bonchev–Trinajstić information content (AvgIpc) is 0. The van der Waals surface area contributed by atoms with Crippen molar-refractivity contribution in [3.8, 4) is 0 Å². The number of halogens is 4. The molecular weight excluding hydrogens is 542 g/mol. The Hall–Kier alpha value is 3.53. The van der Waals surface area contributed by atoms with Crippen LogP contribution in [-0.4, -0.2) is 25.8 Å². The van der Waals surface area contributed by atoms with Crippen LogP contribution in [-0.2, 0) is 22.4 Å². The van der Waals surface area contributed by atoms with Crippen LogP contribution in [0.25, 0.3) is 0 Å². The average molecular weight is 542 g/mol. The summed E-state index contributed by atoms with van der Waals surface area (Å²) in [5, 5.41) is 0. The summed E-state index contributed by atoms with van der Waals surface area (Å²) in [5.74, 6) is 0. The van der Waals surface area contributed by atoms with Gasteiger partial charge in [-0.15, -0.1) is 0 Å². The standard InChI is InChI=1S/Ag.4BrH.In/h;4*1H;/q+1;;;;;+3/p-4. The summed E-state index contributed by atoms with van der Waals surface area (Å²) in [4.78, 5) is 0. The van der Waals surface area contributed by atoms with E-state index < -0.39 is 0 Å². The first-order chi connectivity index (χ1) is 0. The molecule has 0 unspecified atom stereocenters.